The standard InChI is InChI=1S/C18H21NO3S/c1-13-5-7-15(8-6-13)12-19(3)17-11-16(14(2)20)9-10-18(17)23(4,21)22/h5-11H,12H2,1-4H3. The Balaban J connectivity index is 2.44. The zero-order chi connectivity index (χ0) is 17.2. The van der Waals surface area contributed by atoms with E-state index in [4.69, 9.17) is 0 Å². The van der Waals surface area contributed by atoms with E-state index in [1.165, 1.54) is 24.8 Å². The van der Waals surface area contributed by atoms with Gasteiger partial charge < -0.3 is 4.90 Å². The number of benzene rings is 2. The Labute approximate surface area is 137 Å². The molecule has 0 N–H and O–H groups in total. The molecule has 0 saturated carbocycles. The molecule has 0 aromatic heterocycles. The van der Waals surface area contributed by atoms with Gasteiger partial charge in [-0.1, -0.05) is 29.8 Å². The lowest BCUT2D eigenvalue weighted by molar-refractivity contribution is 0.101. The van der Waals surface area contributed by atoms with Crippen LogP contribution >= 0.6 is 0 Å². The summed E-state index contributed by atoms with van der Waals surface area (Å²) in [5, 5.41) is 0. The van der Waals surface area contributed by atoms with Crippen molar-refractivity contribution in [2.45, 2.75) is 25.3 Å². The number of carbonyl (C=O) groups excluding carboxylic acids is 1. The van der Waals surface area contributed by atoms with Crippen LogP contribution < -0.4 is 4.90 Å². The number of nitrogens with zero attached hydrogens (tertiary/aromatic N) is 1. The SMILES string of the molecule is CC(=O)c1ccc(S(C)(=O)=O)c(N(C)Cc2ccc(C)cc2)c1. The summed E-state index contributed by atoms with van der Waals surface area (Å²) in [5.74, 6) is -0.0879. The number of anilines is 1. The van der Waals surface area contributed by atoms with Gasteiger partial charge in [0.25, 0.3) is 0 Å². The fourth-order valence-corrected chi connectivity index (χ4v) is 3.31. The molecule has 0 fully saturated rings. The highest BCUT2D eigenvalue weighted by Crippen LogP contribution is 2.27. The molecule has 0 unspecified atom stereocenters. The minimum atomic E-state index is -3.37. The minimum Gasteiger partial charge on any atom is -0.369 e. The first-order valence-corrected chi connectivity index (χ1v) is 9.19. The Morgan fingerprint density at radius 1 is 1.09 bits per heavy atom. The van der Waals surface area contributed by atoms with Crippen LogP contribution in [0.15, 0.2) is 47.4 Å². The second-order valence-corrected chi connectivity index (χ2v) is 7.84. The molecule has 0 heterocycles. The Morgan fingerprint density at radius 3 is 2.22 bits per heavy atom. The fraction of sp³-hybridized carbons (Fsp3) is 0.278. The number of aryl methyl sites for hydroxylation is 1. The smallest absolute Gasteiger partial charge is 0.177 e. The quantitative estimate of drug-likeness (QED) is 0.789. The molecular weight excluding hydrogens is 310 g/mol. The highest BCUT2D eigenvalue weighted by Gasteiger charge is 2.18. The van der Waals surface area contributed by atoms with Crippen LogP contribution in [-0.4, -0.2) is 27.5 Å². The van der Waals surface area contributed by atoms with Crippen LogP contribution in [0.5, 0.6) is 0 Å². The summed E-state index contributed by atoms with van der Waals surface area (Å²) < 4.78 is 24.0. The van der Waals surface area contributed by atoms with Crippen LogP contribution in [0.2, 0.25) is 0 Å². The topological polar surface area (TPSA) is 54.5 Å². The minimum absolute atomic E-state index is 0.0879. The Hall–Kier alpha value is -2.14. The van der Waals surface area contributed by atoms with Crippen LogP contribution in [0.3, 0.4) is 0 Å². The van der Waals surface area contributed by atoms with Crippen molar-refractivity contribution < 1.29 is 13.2 Å². The molecule has 0 spiro atoms. The normalized spacial score (nSPS) is 11.3. The average molecular weight is 331 g/mol. The van der Waals surface area contributed by atoms with Gasteiger partial charge in [0.15, 0.2) is 15.6 Å². The summed E-state index contributed by atoms with van der Waals surface area (Å²) in [6.07, 6.45) is 1.18. The van der Waals surface area contributed by atoms with Crippen LogP contribution in [0.4, 0.5) is 5.69 Å². The van der Waals surface area contributed by atoms with Gasteiger partial charge >= 0.3 is 0 Å². The third-order valence-corrected chi connectivity index (χ3v) is 4.86. The second-order valence-electron chi connectivity index (χ2n) is 5.85. The average Bonchev–Trinajstić information content (AvgIpc) is 2.48. The molecule has 2 aromatic rings. The lowest BCUT2D eigenvalue weighted by Gasteiger charge is -2.22. The molecule has 5 heteroatoms. The van der Waals surface area contributed by atoms with Crippen molar-refractivity contribution in [1.82, 2.24) is 0 Å². The number of rotatable bonds is 5. The lowest BCUT2D eigenvalue weighted by Crippen LogP contribution is -2.19. The maximum absolute atomic E-state index is 12.0. The van der Waals surface area contributed by atoms with Gasteiger partial charge in [0.1, 0.15) is 0 Å². The molecule has 0 saturated heterocycles. The third-order valence-electron chi connectivity index (χ3n) is 3.72. The highest BCUT2D eigenvalue weighted by molar-refractivity contribution is 7.90. The molecular formula is C18H21NO3S. The zero-order valence-electron chi connectivity index (χ0n) is 13.8. The molecule has 0 aliphatic rings. The number of hydrogen-bond donors (Lipinski definition) is 0. The van der Waals surface area contributed by atoms with Crippen LogP contribution in [0, 0.1) is 6.92 Å². The summed E-state index contributed by atoms with van der Waals surface area (Å²) in [6, 6.07) is 12.8. The predicted molar refractivity (Wildman–Crippen MR) is 92.8 cm³/mol. The molecule has 0 aliphatic heterocycles. The van der Waals surface area contributed by atoms with Crippen molar-refractivity contribution in [3.63, 3.8) is 0 Å². The van der Waals surface area contributed by atoms with Gasteiger partial charge in [0.2, 0.25) is 0 Å². The largest absolute Gasteiger partial charge is 0.369 e. The summed E-state index contributed by atoms with van der Waals surface area (Å²) in [6.45, 7) is 4.05. The number of sulfone groups is 1. The molecule has 23 heavy (non-hydrogen) atoms. The van der Waals surface area contributed by atoms with Gasteiger partial charge in [0, 0.05) is 25.4 Å². The first-order chi connectivity index (χ1) is 10.7. The van der Waals surface area contributed by atoms with E-state index in [0.717, 1.165) is 5.56 Å². The molecule has 4 nitrogen and oxygen atoms in total. The van der Waals surface area contributed by atoms with E-state index in [1.54, 1.807) is 12.1 Å². The molecule has 0 bridgehead atoms. The van der Waals surface area contributed by atoms with Gasteiger partial charge in [-0.25, -0.2) is 8.42 Å². The van der Waals surface area contributed by atoms with E-state index in [1.807, 2.05) is 43.1 Å². The zero-order valence-corrected chi connectivity index (χ0v) is 14.6. The number of hydrogen-bond acceptors (Lipinski definition) is 4. The van der Waals surface area contributed by atoms with Crippen LogP contribution in [-0.2, 0) is 16.4 Å². The van der Waals surface area contributed by atoms with Crippen molar-refractivity contribution >= 4 is 21.3 Å². The predicted octanol–water partition coefficient (Wildman–Crippen LogP) is 3.24. The summed E-state index contributed by atoms with van der Waals surface area (Å²) >= 11 is 0. The first-order valence-electron chi connectivity index (χ1n) is 7.30. The number of carbonyl (C=O) groups is 1. The molecule has 2 rings (SSSR count). The molecule has 122 valence electrons. The molecule has 0 amide bonds. The van der Waals surface area contributed by atoms with Gasteiger partial charge in [-0.15, -0.1) is 0 Å². The maximum atomic E-state index is 12.0. The summed E-state index contributed by atoms with van der Waals surface area (Å²) in [7, 11) is -1.55. The van der Waals surface area contributed by atoms with Gasteiger partial charge in [-0.2, -0.15) is 0 Å². The molecule has 0 aliphatic carbocycles. The lowest BCUT2D eigenvalue weighted by atomic mass is 10.1. The number of ketones is 1. The molecule has 2 aromatic carbocycles. The molecule has 0 atom stereocenters. The monoisotopic (exact) mass is 331 g/mol. The van der Waals surface area contributed by atoms with E-state index in [9.17, 15) is 13.2 Å². The van der Waals surface area contributed by atoms with Gasteiger partial charge in [-0.3, -0.25) is 4.79 Å². The van der Waals surface area contributed by atoms with E-state index < -0.39 is 9.84 Å². The summed E-state index contributed by atoms with van der Waals surface area (Å²) in [5.41, 5.74) is 3.29. The maximum Gasteiger partial charge on any atom is 0.177 e. The fourth-order valence-electron chi connectivity index (χ4n) is 2.40. The van der Waals surface area contributed by atoms with Gasteiger partial charge in [-0.05, 0) is 37.6 Å². The number of Topliss-reactive ketones (excluding diaryl/α,β-unsaturated/α-hetero) is 1. The second kappa shape index (κ2) is 6.54. The highest BCUT2D eigenvalue weighted by atomic mass is 32.2. The van der Waals surface area contributed by atoms with Crippen molar-refractivity contribution in [1.29, 1.82) is 0 Å². The van der Waals surface area contributed by atoms with Gasteiger partial charge in [0.05, 0.1) is 10.6 Å². The van der Waals surface area contributed by atoms with Crippen molar-refractivity contribution in [3.8, 4) is 0 Å². The summed E-state index contributed by atoms with van der Waals surface area (Å²) in [4.78, 5) is 13.7. The Bertz CT molecular complexity index is 824. The Morgan fingerprint density at radius 2 is 1.70 bits per heavy atom. The van der Waals surface area contributed by atoms with Crippen LogP contribution in [0.1, 0.15) is 28.4 Å². The third kappa shape index (κ3) is 4.20. The van der Waals surface area contributed by atoms with E-state index >= 15 is 0 Å². The Kier molecular flexibility index (Phi) is 4.90. The van der Waals surface area contributed by atoms with Crippen molar-refractivity contribution in [3.05, 3.63) is 59.2 Å². The molecule has 0 radical (unpaired) electrons. The van der Waals surface area contributed by atoms with E-state index in [0.29, 0.717) is 17.8 Å². The first kappa shape index (κ1) is 17.2. The van der Waals surface area contributed by atoms with Crippen molar-refractivity contribution in [2.75, 3.05) is 18.2 Å². The van der Waals surface area contributed by atoms with E-state index in [-0.39, 0.29) is 10.7 Å². The van der Waals surface area contributed by atoms with Crippen LogP contribution in [0.25, 0.3) is 0 Å². The van der Waals surface area contributed by atoms with E-state index in [2.05, 4.69) is 0 Å². The van der Waals surface area contributed by atoms with Crippen molar-refractivity contribution in [2.24, 2.45) is 0 Å².